The number of hydrogen-bond donors (Lipinski definition) is 3. The molecule has 0 aliphatic carbocycles. The van der Waals surface area contributed by atoms with Gasteiger partial charge in [0.2, 0.25) is 17.5 Å². The third-order valence-corrected chi connectivity index (χ3v) is 6.86. The van der Waals surface area contributed by atoms with Gasteiger partial charge in [-0.15, -0.1) is 0 Å². The molecule has 48 heteroatoms. The molecule has 0 bridgehead atoms. The van der Waals surface area contributed by atoms with Gasteiger partial charge in [0.25, 0.3) is 6.47 Å². The van der Waals surface area contributed by atoms with Crippen molar-refractivity contribution in [1.82, 2.24) is 0 Å². The van der Waals surface area contributed by atoms with Crippen LogP contribution in [-0.4, -0.2) is 122 Å². The molecule has 0 amide bonds. The predicted octanol–water partition coefficient (Wildman–Crippen LogP) is 4.02. The van der Waals surface area contributed by atoms with E-state index in [1.54, 1.807) is 9.47 Å². The van der Waals surface area contributed by atoms with Gasteiger partial charge in [-0.05, 0) is 0 Å². The van der Waals surface area contributed by atoms with Gasteiger partial charge in [-0.25, -0.2) is 59.2 Å². The van der Waals surface area contributed by atoms with Gasteiger partial charge in [-0.3, -0.25) is 4.79 Å². The Morgan fingerprint density at radius 3 is 0.753 bits per heavy atom. The largest absolute Gasteiger partial charge is 1.00 e. The van der Waals surface area contributed by atoms with Gasteiger partial charge in [0, 0.05) is 0 Å². The first-order chi connectivity index (χ1) is 35.0. The average Bonchev–Trinajstić information content (AvgIpc) is 3.28. The van der Waals surface area contributed by atoms with Crippen molar-refractivity contribution in [2.24, 2.45) is 0 Å². The maximum Gasteiger partial charge on any atom is 1.00 e. The number of rotatable bonds is 25. The molecule has 3 N–H and O–H groups in total. The number of aliphatic hydroxyl groups is 3. The minimum atomic E-state index is -7.23. The summed E-state index contributed by atoms with van der Waals surface area (Å²) in [5, 5.41) is 32.1. The van der Waals surface area contributed by atoms with Gasteiger partial charge in [0.05, 0.1) is 11.1 Å². The summed E-state index contributed by atoms with van der Waals surface area (Å²) in [6.45, 7) is -5.57. The molecule has 2 aromatic carbocycles. The van der Waals surface area contributed by atoms with E-state index in [0.29, 0.717) is 6.08 Å². The molecule has 2 aromatic rings. The summed E-state index contributed by atoms with van der Waals surface area (Å²) in [7, 11) is 0. The predicted molar refractivity (Wildman–Crippen MR) is 174 cm³/mol. The molecular weight excluding hydrogens is 1310 g/mol. The molecule has 2 rings (SSSR count). The van der Waals surface area contributed by atoms with Crippen LogP contribution < -0.4 is 113 Å². The van der Waals surface area contributed by atoms with Crippen molar-refractivity contribution in [2.75, 3.05) is 26.4 Å². The zero-order valence-electron chi connectivity index (χ0n) is 38.9. The van der Waals surface area contributed by atoms with Crippen LogP contribution in [0.3, 0.4) is 0 Å². The Kier molecular flexibility index (Phi) is 33.0. The molecule has 0 saturated heterocycles. The van der Waals surface area contributed by atoms with Crippen LogP contribution in [-0.2, 0) is 38.1 Å². The molecular formula is C33H19F33K2O13. The SMILES string of the molecule is C=Cc1c(F)c(F)c(F)c(F)c1F.C=Cc1c(F)c(F)c(OCC(F)(F)OC(F)(F)C(F)(F)OC(F)(F)C(F)(F)OC(F)(F)CO)c(F)c1F.O=CO[O-].OCC(F)(F)OC(F)(F)C(F)(F)OC(F)(F)C(F)(F)OC(F)(F)CO.[H-].[K+].[K+]. The summed E-state index contributed by atoms with van der Waals surface area (Å²) in [5.41, 5.74) is -2.51. The van der Waals surface area contributed by atoms with Crippen LogP contribution in [0.1, 0.15) is 12.6 Å². The maximum absolute atomic E-state index is 13.7. The average molecular weight is 1330 g/mol. The molecule has 0 spiro atoms. The van der Waals surface area contributed by atoms with Crippen molar-refractivity contribution in [3.8, 4) is 5.75 Å². The Morgan fingerprint density at radius 2 is 0.556 bits per heavy atom. The number of halogens is 33. The second-order valence-electron chi connectivity index (χ2n) is 12.6. The molecule has 81 heavy (non-hydrogen) atoms. The van der Waals surface area contributed by atoms with Gasteiger partial charge in [-0.1, -0.05) is 25.3 Å². The van der Waals surface area contributed by atoms with Crippen molar-refractivity contribution >= 4 is 18.6 Å². The van der Waals surface area contributed by atoms with E-state index < -0.39 is 169 Å². The fraction of sp³-hybridized carbons (Fsp3) is 0.485. The van der Waals surface area contributed by atoms with E-state index in [1.807, 2.05) is 14.2 Å². The van der Waals surface area contributed by atoms with Gasteiger partial charge in [0.15, 0.2) is 47.3 Å². The number of benzene rings is 2. The molecule has 0 fully saturated rings. The minimum Gasteiger partial charge on any atom is -1.00 e. The Balaban J connectivity index is -0.000000377. The van der Waals surface area contributed by atoms with E-state index in [2.05, 4.69) is 27.5 Å². The number of ether oxygens (including phenoxy) is 7. The third-order valence-electron chi connectivity index (χ3n) is 6.86. The monoisotopic (exact) mass is 1330 g/mol. The summed E-state index contributed by atoms with van der Waals surface area (Å²) in [5.74, 6) is -22.0. The molecule has 0 heterocycles. The molecule has 0 aliphatic rings. The zero-order valence-corrected chi connectivity index (χ0v) is 44.1. The Hall–Kier alpha value is -2.25. The summed E-state index contributed by atoms with van der Waals surface area (Å²) in [4.78, 5) is 11.2. The minimum absolute atomic E-state index is 0. The van der Waals surface area contributed by atoms with Gasteiger partial charge in [0.1, 0.15) is 19.8 Å². The van der Waals surface area contributed by atoms with Gasteiger partial charge in [-0.2, -0.15) is 114 Å². The second kappa shape index (κ2) is 31.4. The number of hydrogen-bond acceptors (Lipinski definition) is 13. The second-order valence-corrected chi connectivity index (χ2v) is 12.6. The molecule has 0 unspecified atom stereocenters. The summed E-state index contributed by atoms with van der Waals surface area (Å²) in [6.07, 6.45) is -77.4. The molecule has 13 nitrogen and oxygen atoms in total. The van der Waals surface area contributed by atoms with Crippen LogP contribution in [0.2, 0.25) is 0 Å². The van der Waals surface area contributed by atoms with Crippen LogP contribution in [0, 0.1) is 52.4 Å². The Morgan fingerprint density at radius 1 is 0.370 bits per heavy atom. The fourth-order valence-corrected chi connectivity index (χ4v) is 3.57. The van der Waals surface area contributed by atoms with Crippen molar-refractivity contribution in [1.29, 1.82) is 0 Å². The Bertz CT molecular complexity index is 2290. The Labute approximate surface area is 509 Å². The van der Waals surface area contributed by atoms with E-state index in [4.69, 9.17) is 25.4 Å². The molecule has 0 saturated carbocycles. The molecule has 0 aliphatic heterocycles. The first-order valence-electron chi connectivity index (χ1n) is 17.6. The number of carbonyl (C=O) groups is 1. The van der Waals surface area contributed by atoms with E-state index in [-0.39, 0.29) is 117 Å². The van der Waals surface area contributed by atoms with E-state index >= 15 is 0 Å². The van der Waals surface area contributed by atoms with Crippen molar-refractivity contribution in [2.45, 2.75) is 73.3 Å². The van der Waals surface area contributed by atoms with Crippen molar-refractivity contribution < 1.29 is 312 Å². The zero-order chi connectivity index (χ0) is 63.5. The van der Waals surface area contributed by atoms with Crippen LogP contribution >= 0.6 is 0 Å². The topological polar surface area (TPSA) is 175 Å². The first-order valence-corrected chi connectivity index (χ1v) is 17.6. The van der Waals surface area contributed by atoms with E-state index in [9.17, 15) is 145 Å². The standard InChI is InChI=1S/C16H8F16O5.C8H6F12O5.C8H3F5.CH2O3.2K.H/c1-2-5-6(17)8(19)10(9(20)7(5)18)34-4-12(23,24)36-14(27,28)16(31,32)37-15(29,30)13(25,26)35-11(21,22)3-33;9-3(10,1-21)23-5(13,14)7(17,18)25-8(19,20)6(15,16)24-4(11,12)2-22;1-2-3-4(9)6(11)8(13)7(12)5(3)10;2-1-4-3;;;/h2,33H,1,3-4H2;21-22H,1-2H2;2H,1H2;1,3H;;;/q;;;;2*+1;-1/p-1. The molecule has 0 atom stereocenters. The fourth-order valence-electron chi connectivity index (χ4n) is 3.57. The number of aliphatic hydroxyl groups excluding tert-OH is 3. The van der Waals surface area contributed by atoms with Gasteiger partial charge >= 0.3 is 176 Å². The quantitative estimate of drug-likeness (QED) is 0.0248. The van der Waals surface area contributed by atoms with Crippen LogP contribution in [0.15, 0.2) is 13.2 Å². The van der Waals surface area contributed by atoms with Crippen LogP contribution in [0.5, 0.6) is 5.75 Å². The summed E-state index contributed by atoms with van der Waals surface area (Å²) in [6, 6.07) is 0. The smallest absolute Gasteiger partial charge is 1.00 e. The normalized spacial score (nSPS) is 13.2. The first kappa shape index (κ1) is 85.2. The van der Waals surface area contributed by atoms with Crippen molar-refractivity contribution in [3.63, 3.8) is 0 Å². The van der Waals surface area contributed by atoms with E-state index in [0.717, 1.165) is 0 Å². The molecule has 0 radical (unpaired) electrons. The van der Waals surface area contributed by atoms with E-state index in [1.165, 1.54) is 0 Å². The maximum atomic E-state index is 13.7. The van der Waals surface area contributed by atoms with Crippen molar-refractivity contribution in [3.05, 3.63) is 76.6 Å². The summed E-state index contributed by atoms with van der Waals surface area (Å²) < 4.78 is 441. The molecule has 0 aromatic heterocycles. The third kappa shape index (κ3) is 23.5. The van der Waals surface area contributed by atoms with Gasteiger partial charge < -0.3 is 31.6 Å². The van der Waals surface area contributed by atoms with Crippen LogP contribution in [0.4, 0.5) is 145 Å². The van der Waals surface area contributed by atoms with Crippen LogP contribution in [0.25, 0.3) is 12.2 Å². The molecule has 462 valence electrons. The summed E-state index contributed by atoms with van der Waals surface area (Å²) >= 11 is 0. The number of alkyl halides is 24. The number of carbonyl (C=O) groups excluding carboxylic acids is 1.